The highest BCUT2D eigenvalue weighted by Crippen LogP contribution is 2.15. The number of benzene rings is 1. The average Bonchev–Trinajstić information content (AvgIpc) is 2.64. The number of nitrogens with one attached hydrogen (secondary N) is 3. The van der Waals surface area contributed by atoms with Crippen molar-refractivity contribution in [2.45, 2.75) is 51.1 Å². The third-order valence-corrected chi connectivity index (χ3v) is 4.75. The van der Waals surface area contributed by atoms with Gasteiger partial charge in [-0.3, -0.25) is 15.0 Å². The molecule has 6 N–H and O–H groups in total. The molecule has 3 amide bonds. The molecule has 0 saturated heterocycles. The lowest BCUT2D eigenvalue weighted by molar-refractivity contribution is -0.130. The van der Waals surface area contributed by atoms with Crippen LogP contribution in [-0.2, 0) is 20.1 Å². The van der Waals surface area contributed by atoms with E-state index in [4.69, 9.17) is 10.6 Å². The van der Waals surface area contributed by atoms with Crippen LogP contribution in [0, 0.1) is 6.92 Å². The van der Waals surface area contributed by atoms with Crippen molar-refractivity contribution in [1.82, 2.24) is 16.1 Å². The largest absolute Gasteiger partial charge is 0.444 e. The van der Waals surface area contributed by atoms with Crippen LogP contribution >= 0.6 is 11.8 Å². The molecule has 0 aliphatic rings. The molecule has 29 heavy (non-hydrogen) atoms. The second kappa shape index (κ2) is 11.6. The maximum atomic E-state index is 12.6. The number of thioether (sulfide) groups is 1. The number of hydrogen-bond acceptors (Lipinski definition) is 7. The fourth-order valence-corrected chi connectivity index (χ4v) is 3.20. The minimum Gasteiger partial charge on any atom is -0.444 e. The smallest absolute Gasteiger partial charge is 0.408 e. The lowest BCUT2D eigenvalue weighted by atomic mass is 10.2. The van der Waals surface area contributed by atoms with Gasteiger partial charge in [0.15, 0.2) is 0 Å². The molecule has 0 aromatic heterocycles. The van der Waals surface area contributed by atoms with Gasteiger partial charge in [-0.05, 0) is 33.3 Å². The minimum atomic E-state index is -1.22. The number of ether oxygens (including phenoxy) is 1. The van der Waals surface area contributed by atoms with Crippen LogP contribution in [0.15, 0.2) is 24.3 Å². The standard InChI is InChI=1S/C19H30N4O5S/c1-12-5-7-13(8-6-12)10-29-11-15(22-18(27)28-19(2,3)4)16(25)21-14(9-24)17(26)23-20/h5-8,14-15,24H,9-11,20H2,1-4H3,(H,21,25)(H,22,27)(H,23,26)/t14-,15-/m0/s1. The number of aryl methyl sites for hydroxylation is 1. The van der Waals surface area contributed by atoms with Gasteiger partial charge in [0.05, 0.1) is 6.61 Å². The van der Waals surface area contributed by atoms with Crippen LogP contribution in [0.25, 0.3) is 0 Å². The van der Waals surface area contributed by atoms with Crippen LogP contribution in [-0.4, -0.2) is 53.1 Å². The molecule has 0 radical (unpaired) electrons. The molecule has 0 aliphatic carbocycles. The Morgan fingerprint density at radius 2 is 1.72 bits per heavy atom. The van der Waals surface area contributed by atoms with E-state index in [0.717, 1.165) is 11.1 Å². The summed E-state index contributed by atoms with van der Waals surface area (Å²) in [4.78, 5) is 36.3. The minimum absolute atomic E-state index is 0.237. The first-order chi connectivity index (χ1) is 13.6. The third kappa shape index (κ3) is 9.64. The summed E-state index contributed by atoms with van der Waals surface area (Å²) in [6, 6.07) is 5.78. The molecule has 0 saturated carbocycles. The first-order valence-electron chi connectivity index (χ1n) is 9.10. The van der Waals surface area contributed by atoms with Crippen molar-refractivity contribution in [3.8, 4) is 0 Å². The molecular formula is C19H30N4O5S. The first kappa shape index (κ1) is 24.7. The number of amides is 3. The van der Waals surface area contributed by atoms with Crippen molar-refractivity contribution in [2.24, 2.45) is 5.84 Å². The average molecular weight is 427 g/mol. The zero-order valence-electron chi connectivity index (χ0n) is 17.2. The van der Waals surface area contributed by atoms with Crippen molar-refractivity contribution in [3.05, 3.63) is 35.4 Å². The van der Waals surface area contributed by atoms with Crippen LogP contribution in [0.4, 0.5) is 4.79 Å². The van der Waals surface area contributed by atoms with Crippen LogP contribution in [0.2, 0.25) is 0 Å². The first-order valence-corrected chi connectivity index (χ1v) is 10.3. The number of aliphatic hydroxyl groups is 1. The van der Waals surface area contributed by atoms with Crippen LogP contribution < -0.4 is 21.9 Å². The van der Waals surface area contributed by atoms with Gasteiger partial charge in [-0.2, -0.15) is 11.8 Å². The van der Waals surface area contributed by atoms with Gasteiger partial charge in [-0.15, -0.1) is 0 Å². The van der Waals surface area contributed by atoms with E-state index >= 15 is 0 Å². The Hall–Kier alpha value is -2.30. The number of aliphatic hydroxyl groups excluding tert-OH is 1. The fourth-order valence-electron chi connectivity index (χ4n) is 2.18. The van der Waals surface area contributed by atoms with Gasteiger partial charge in [0.2, 0.25) is 5.91 Å². The second-order valence-corrected chi connectivity index (χ2v) is 8.48. The highest BCUT2D eigenvalue weighted by atomic mass is 32.2. The lowest BCUT2D eigenvalue weighted by Crippen LogP contribution is -2.57. The Morgan fingerprint density at radius 1 is 1.10 bits per heavy atom. The molecule has 0 fully saturated rings. The Labute approximate surface area is 175 Å². The van der Waals surface area contributed by atoms with Gasteiger partial charge in [0, 0.05) is 11.5 Å². The summed E-state index contributed by atoms with van der Waals surface area (Å²) in [6.45, 7) is 6.49. The van der Waals surface area contributed by atoms with Gasteiger partial charge in [-0.1, -0.05) is 29.8 Å². The van der Waals surface area contributed by atoms with E-state index in [0.29, 0.717) is 5.75 Å². The van der Waals surface area contributed by atoms with Crippen molar-refractivity contribution in [3.63, 3.8) is 0 Å². The Kier molecular flexibility index (Phi) is 9.93. The number of nitrogens with two attached hydrogens (primary N) is 1. The molecule has 0 bridgehead atoms. The Bertz CT molecular complexity index is 691. The molecule has 0 heterocycles. The van der Waals surface area contributed by atoms with Gasteiger partial charge >= 0.3 is 6.09 Å². The SMILES string of the molecule is Cc1ccc(CSC[C@H](NC(=O)OC(C)(C)C)C(=O)N[C@@H](CO)C(=O)NN)cc1. The van der Waals surface area contributed by atoms with Crippen molar-refractivity contribution in [2.75, 3.05) is 12.4 Å². The predicted octanol–water partition coefficient (Wildman–Crippen LogP) is 0.589. The summed E-state index contributed by atoms with van der Waals surface area (Å²) < 4.78 is 5.21. The topological polar surface area (TPSA) is 143 Å². The van der Waals surface area contributed by atoms with Crippen molar-refractivity contribution >= 4 is 29.7 Å². The number of hydrogen-bond donors (Lipinski definition) is 5. The van der Waals surface area contributed by atoms with E-state index in [2.05, 4.69) is 10.6 Å². The van der Waals surface area contributed by atoms with Crippen LogP contribution in [0.3, 0.4) is 0 Å². The summed E-state index contributed by atoms with van der Waals surface area (Å²) in [5, 5.41) is 14.2. The molecule has 1 rings (SSSR count). The lowest BCUT2D eigenvalue weighted by Gasteiger charge is -2.24. The number of carbonyl (C=O) groups excluding carboxylic acids is 3. The summed E-state index contributed by atoms with van der Waals surface area (Å²) in [6.07, 6.45) is -0.752. The molecule has 0 aliphatic heterocycles. The van der Waals surface area contributed by atoms with E-state index in [1.54, 1.807) is 20.8 Å². The van der Waals surface area contributed by atoms with Crippen molar-refractivity contribution < 1.29 is 24.2 Å². The number of alkyl carbamates (subject to hydrolysis) is 1. The normalized spacial score (nSPS) is 13.2. The highest BCUT2D eigenvalue weighted by molar-refractivity contribution is 7.98. The molecule has 10 heteroatoms. The molecular weight excluding hydrogens is 396 g/mol. The van der Waals surface area contributed by atoms with E-state index in [1.165, 1.54) is 11.8 Å². The van der Waals surface area contributed by atoms with Crippen molar-refractivity contribution in [1.29, 1.82) is 0 Å². The molecule has 162 valence electrons. The Morgan fingerprint density at radius 3 is 2.24 bits per heavy atom. The molecule has 2 atom stereocenters. The third-order valence-electron chi connectivity index (χ3n) is 3.64. The van der Waals surface area contributed by atoms with E-state index in [9.17, 15) is 19.5 Å². The Balaban J connectivity index is 2.77. The molecule has 1 aromatic carbocycles. The maximum Gasteiger partial charge on any atom is 0.408 e. The number of carbonyl (C=O) groups is 3. The maximum absolute atomic E-state index is 12.6. The number of rotatable bonds is 9. The zero-order valence-corrected chi connectivity index (χ0v) is 18.0. The molecule has 9 nitrogen and oxygen atoms in total. The van der Waals surface area contributed by atoms with E-state index in [-0.39, 0.29) is 5.75 Å². The highest BCUT2D eigenvalue weighted by Gasteiger charge is 2.28. The summed E-state index contributed by atoms with van der Waals surface area (Å²) in [7, 11) is 0. The van der Waals surface area contributed by atoms with Crippen LogP contribution in [0.5, 0.6) is 0 Å². The van der Waals surface area contributed by atoms with E-state index in [1.807, 2.05) is 36.6 Å². The van der Waals surface area contributed by atoms with Gasteiger partial charge < -0.3 is 20.5 Å². The van der Waals surface area contributed by atoms with Gasteiger partial charge in [-0.25, -0.2) is 10.6 Å². The number of hydrazine groups is 1. The van der Waals surface area contributed by atoms with Gasteiger partial charge in [0.25, 0.3) is 5.91 Å². The molecule has 1 aromatic rings. The summed E-state index contributed by atoms with van der Waals surface area (Å²) >= 11 is 1.44. The summed E-state index contributed by atoms with van der Waals surface area (Å²) in [5.41, 5.74) is 3.37. The monoisotopic (exact) mass is 426 g/mol. The van der Waals surface area contributed by atoms with Gasteiger partial charge in [0.1, 0.15) is 17.7 Å². The summed E-state index contributed by atoms with van der Waals surface area (Å²) in [5.74, 6) is 4.54. The van der Waals surface area contributed by atoms with E-state index < -0.39 is 42.2 Å². The predicted molar refractivity (Wildman–Crippen MR) is 112 cm³/mol. The fraction of sp³-hybridized carbons (Fsp3) is 0.526. The van der Waals surface area contributed by atoms with Crippen LogP contribution in [0.1, 0.15) is 31.9 Å². The molecule has 0 unspecified atom stereocenters. The zero-order chi connectivity index (χ0) is 22.0. The molecule has 0 spiro atoms. The quantitative estimate of drug-likeness (QED) is 0.221. The second-order valence-electron chi connectivity index (χ2n) is 7.45.